The Balaban J connectivity index is 4.04. The summed E-state index contributed by atoms with van der Waals surface area (Å²) in [6.07, 6.45) is 67.6. The Morgan fingerprint density at radius 2 is 0.786 bits per heavy atom. The molecule has 0 spiro atoms. The topological polar surface area (TPSA) is 94.1 Å². The summed E-state index contributed by atoms with van der Waals surface area (Å²) in [4.78, 5) is 25.3. The molecule has 0 aliphatic heterocycles. The molecule has 0 amide bonds. The van der Waals surface area contributed by atoms with E-state index in [-0.39, 0.29) is 25.8 Å². The number of esters is 1. The first-order valence-electron chi connectivity index (χ1n) is 30.2. The van der Waals surface area contributed by atoms with E-state index in [9.17, 15) is 14.3 Å². The second-order valence-electron chi connectivity index (χ2n) is 21.7. The molecule has 0 heterocycles. The van der Waals surface area contributed by atoms with Crippen LogP contribution >= 0.6 is 7.82 Å². The molecule has 0 aromatic rings. The van der Waals surface area contributed by atoms with Gasteiger partial charge in [-0.05, 0) is 51.4 Å². The molecule has 414 valence electrons. The Hall–Kier alpha value is -1.28. The third kappa shape index (κ3) is 57.6. The number of quaternary nitrogens is 1. The molecule has 2 unspecified atom stereocenters. The minimum Gasteiger partial charge on any atom is -0.756 e. The van der Waals surface area contributed by atoms with Crippen LogP contribution in [0, 0.1) is 0 Å². The van der Waals surface area contributed by atoms with E-state index in [2.05, 4.69) is 50.3 Å². The third-order valence-corrected chi connectivity index (χ3v) is 14.4. The summed E-state index contributed by atoms with van der Waals surface area (Å²) < 4.78 is 34.9. The SMILES string of the molecule is CCCCCCC/C=C\C/C=C\C/C=C\CCCCCCCCCCC(=O)OC(COCCCCCCCCCCCCCCCCCCCCCCCCCCC)COP(=O)([O-])OCC[N+](C)(C)C. The van der Waals surface area contributed by atoms with Gasteiger partial charge in [0.2, 0.25) is 0 Å². The van der Waals surface area contributed by atoms with Gasteiger partial charge in [-0.1, -0.05) is 269 Å². The molecule has 0 saturated carbocycles. The molecule has 9 heteroatoms. The predicted molar refractivity (Wildman–Crippen MR) is 300 cm³/mol. The molecule has 0 fully saturated rings. The van der Waals surface area contributed by atoms with E-state index >= 15 is 0 Å². The zero-order valence-corrected chi connectivity index (χ0v) is 48.1. The van der Waals surface area contributed by atoms with Gasteiger partial charge in [0, 0.05) is 13.0 Å². The van der Waals surface area contributed by atoms with Gasteiger partial charge in [-0.2, -0.15) is 0 Å². The summed E-state index contributed by atoms with van der Waals surface area (Å²) >= 11 is 0. The maximum atomic E-state index is 12.8. The number of hydrogen-bond donors (Lipinski definition) is 0. The van der Waals surface area contributed by atoms with E-state index in [1.54, 1.807) is 0 Å². The Morgan fingerprint density at radius 1 is 0.443 bits per heavy atom. The molecule has 8 nitrogen and oxygen atoms in total. The number of nitrogens with zero attached hydrogens (tertiary/aromatic N) is 1. The van der Waals surface area contributed by atoms with Gasteiger partial charge < -0.3 is 27.9 Å². The van der Waals surface area contributed by atoms with Crippen molar-refractivity contribution in [2.24, 2.45) is 0 Å². The minimum absolute atomic E-state index is 0.0259. The van der Waals surface area contributed by atoms with Crippen LogP contribution in [0.2, 0.25) is 0 Å². The zero-order valence-electron chi connectivity index (χ0n) is 47.2. The van der Waals surface area contributed by atoms with Crippen molar-refractivity contribution in [3.63, 3.8) is 0 Å². The second kappa shape index (κ2) is 54.0. The van der Waals surface area contributed by atoms with Crippen molar-refractivity contribution in [2.75, 3.05) is 54.1 Å². The summed E-state index contributed by atoms with van der Waals surface area (Å²) in [6, 6.07) is 0. The molecule has 0 radical (unpaired) electrons. The van der Waals surface area contributed by atoms with E-state index in [0.29, 0.717) is 24.1 Å². The lowest BCUT2D eigenvalue weighted by Crippen LogP contribution is -2.37. The van der Waals surface area contributed by atoms with Crippen LogP contribution in [-0.2, 0) is 27.9 Å². The number of unbranched alkanes of at least 4 members (excludes halogenated alkanes) is 37. The van der Waals surface area contributed by atoms with Gasteiger partial charge in [-0.25, -0.2) is 0 Å². The van der Waals surface area contributed by atoms with Crippen LogP contribution < -0.4 is 4.89 Å². The van der Waals surface area contributed by atoms with Crippen molar-refractivity contribution in [1.29, 1.82) is 0 Å². The van der Waals surface area contributed by atoms with E-state index in [4.69, 9.17) is 18.5 Å². The maximum Gasteiger partial charge on any atom is 0.306 e. The summed E-state index contributed by atoms with van der Waals surface area (Å²) in [5.41, 5.74) is 0. The number of rotatable bonds is 57. The number of phosphoric acid groups is 1. The van der Waals surface area contributed by atoms with Crippen molar-refractivity contribution < 1.29 is 37.3 Å². The molecule has 0 rings (SSSR count). The van der Waals surface area contributed by atoms with Gasteiger partial charge in [0.05, 0.1) is 34.4 Å². The third-order valence-electron chi connectivity index (χ3n) is 13.4. The molecule has 0 saturated heterocycles. The van der Waals surface area contributed by atoms with Gasteiger partial charge in [-0.15, -0.1) is 0 Å². The fourth-order valence-corrected chi connectivity index (χ4v) is 9.52. The van der Waals surface area contributed by atoms with Gasteiger partial charge in [0.25, 0.3) is 7.82 Å². The molecule has 70 heavy (non-hydrogen) atoms. The molecule has 0 aromatic carbocycles. The predicted octanol–water partition coefficient (Wildman–Crippen LogP) is 18.6. The van der Waals surface area contributed by atoms with E-state index in [1.807, 2.05) is 21.1 Å². The molecule has 0 aliphatic carbocycles. The quantitative estimate of drug-likeness (QED) is 0.0197. The highest BCUT2D eigenvalue weighted by molar-refractivity contribution is 7.45. The minimum atomic E-state index is -4.54. The maximum absolute atomic E-state index is 12.8. The first-order valence-corrected chi connectivity index (χ1v) is 31.7. The number of allylic oxidation sites excluding steroid dienone is 6. The number of ether oxygens (including phenoxy) is 2. The summed E-state index contributed by atoms with van der Waals surface area (Å²) in [7, 11) is 1.36. The molecular formula is C61H118NO7P. The van der Waals surface area contributed by atoms with Crippen LogP contribution in [0.1, 0.15) is 290 Å². The van der Waals surface area contributed by atoms with Crippen molar-refractivity contribution in [1.82, 2.24) is 0 Å². The molecule has 0 N–H and O–H groups in total. The van der Waals surface area contributed by atoms with Gasteiger partial charge in [-0.3, -0.25) is 9.36 Å². The van der Waals surface area contributed by atoms with E-state index in [0.717, 1.165) is 51.4 Å². The summed E-state index contributed by atoms with van der Waals surface area (Å²) in [5, 5.41) is 0. The van der Waals surface area contributed by atoms with Crippen LogP contribution in [0.25, 0.3) is 0 Å². The monoisotopic (exact) mass is 1010 g/mol. The molecule has 0 aromatic heterocycles. The van der Waals surface area contributed by atoms with Crippen LogP contribution in [0.15, 0.2) is 36.5 Å². The number of carbonyl (C=O) groups excluding carboxylic acids is 1. The molecule has 2 atom stereocenters. The largest absolute Gasteiger partial charge is 0.756 e. The van der Waals surface area contributed by atoms with Crippen molar-refractivity contribution >= 4 is 13.8 Å². The normalized spacial score (nSPS) is 13.6. The number of carbonyl (C=O) groups is 1. The molecule has 0 bridgehead atoms. The van der Waals surface area contributed by atoms with Gasteiger partial charge in [0.15, 0.2) is 0 Å². The number of hydrogen-bond acceptors (Lipinski definition) is 7. The summed E-state index contributed by atoms with van der Waals surface area (Å²) in [5.74, 6) is -0.335. The smallest absolute Gasteiger partial charge is 0.306 e. The Kier molecular flexibility index (Phi) is 53.0. The second-order valence-corrected chi connectivity index (χ2v) is 23.1. The van der Waals surface area contributed by atoms with Crippen LogP contribution in [0.5, 0.6) is 0 Å². The number of phosphoric ester groups is 1. The van der Waals surface area contributed by atoms with Crippen molar-refractivity contribution in [3.05, 3.63) is 36.5 Å². The average Bonchev–Trinajstić information content (AvgIpc) is 3.32. The Bertz CT molecular complexity index is 1220. The van der Waals surface area contributed by atoms with Crippen molar-refractivity contribution in [2.45, 2.75) is 296 Å². The number of likely N-dealkylation sites (N-methyl/N-ethyl adjacent to an activating group) is 1. The average molecular weight is 1010 g/mol. The van der Waals surface area contributed by atoms with Crippen LogP contribution in [0.3, 0.4) is 0 Å². The first kappa shape index (κ1) is 68.7. The highest BCUT2D eigenvalue weighted by Crippen LogP contribution is 2.38. The van der Waals surface area contributed by atoms with Crippen molar-refractivity contribution in [3.8, 4) is 0 Å². The first-order chi connectivity index (χ1) is 34.1. The summed E-state index contributed by atoms with van der Waals surface area (Å²) in [6.45, 7) is 5.45. The zero-order chi connectivity index (χ0) is 51.2. The van der Waals surface area contributed by atoms with Gasteiger partial charge >= 0.3 is 5.97 Å². The standard InChI is InChI=1S/C61H118NO7P/c1-6-8-10-12-14-16-18-20-22-24-26-28-30-31-33-35-37-39-41-43-45-47-49-51-53-56-66-58-60(59-68-70(64,65)67-57-55-62(3,4)5)69-61(63)54-52-50-48-46-44-42-40-38-36-34-32-29-27-25-23-21-19-17-15-13-11-9-7-2/h19,21,25,27,32,34,60H,6-18,20,22-24,26,28-31,33,35-59H2,1-5H3/b21-19-,27-25-,34-32-. The Morgan fingerprint density at radius 3 is 1.17 bits per heavy atom. The van der Waals surface area contributed by atoms with Gasteiger partial charge in [0.1, 0.15) is 19.3 Å². The lowest BCUT2D eigenvalue weighted by atomic mass is 10.0. The van der Waals surface area contributed by atoms with E-state index < -0.39 is 13.9 Å². The lowest BCUT2D eigenvalue weighted by Gasteiger charge is -2.28. The fraction of sp³-hybridized carbons (Fsp3) is 0.885. The highest BCUT2D eigenvalue weighted by atomic mass is 31.2. The fourth-order valence-electron chi connectivity index (χ4n) is 8.79. The Labute approximate surface area is 435 Å². The lowest BCUT2D eigenvalue weighted by molar-refractivity contribution is -0.870. The highest BCUT2D eigenvalue weighted by Gasteiger charge is 2.20. The molecular weight excluding hydrogens is 890 g/mol. The van der Waals surface area contributed by atoms with Crippen LogP contribution in [0.4, 0.5) is 0 Å². The van der Waals surface area contributed by atoms with E-state index in [1.165, 1.54) is 218 Å². The van der Waals surface area contributed by atoms with Crippen LogP contribution in [-0.4, -0.2) is 70.7 Å². The molecule has 0 aliphatic rings.